The Morgan fingerprint density at radius 1 is 0.962 bits per heavy atom. The number of benzene rings is 2. The number of nitrogens with zero attached hydrogens (tertiary/aromatic N) is 1. The second-order valence-electron chi connectivity index (χ2n) is 5.96. The van der Waals surface area contributed by atoms with Crippen molar-refractivity contribution in [1.29, 1.82) is 0 Å². The zero-order valence-electron chi connectivity index (χ0n) is 14.8. The fraction of sp³-hybridized carbons (Fsp3) is 0.200. The van der Waals surface area contributed by atoms with Gasteiger partial charge in [-0.25, -0.2) is 8.42 Å². The molecule has 6 heteroatoms. The number of sulfonamides is 1. The molecule has 0 aliphatic heterocycles. The van der Waals surface area contributed by atoms with E-state index in [2.05, 4.69) is 0 Å². The lowest BCUT2D eigenvalue weighted by Gasteiger charge is -2.22. The monoisotopic (exact) mass is 387 g/mol. The Hall–Kier alpha value is -2.15. The number of hydrogen-bond donors (Lipinski definition) is 0. The van der Waals surface area contributed by atoms with Crippen molar-refractivity contribution in [3.05, 3.63) is 82.0 Å². The molecule has 0 amide bonds. The van der Waals surface area contributed by atoms with Crippen LogP contribution in [-0.4, -0.2) is 19.8 Å². The lowest BCUT2D eigenvalue weighted by atomic mass is 10.2. The van der Waals surface area contributed by atoms with Gasteiger partial charge < -0.3 is 4.74 Å². The van der Waals surface area contributed by atoms with E-state index in [1.54, 1.807) is 42.7 Å². The molecule has 3 rings (SSSR count). The largest absolute Gasteiger partial charge is 0.497 e. The summed E-state index contributed by atoms with van der Waals surface area (Å²) in [6.07, 6.45) is 0. The highest BCUT2D eigenvalue weighted by atomic mass is 32.2. The molecule has 0 N–H and O–H groups in total. The van der Waals surface area contributed by atoms with E-state index in [-0.39, 0.29) is 4.90 Å². The molecule has 0 saturated carbocycles. The van der Waals surface area contributed by atoms with Gasteiger partial charge in [-0.2, -0.15) is 4.31 Å². The van der Waals surface area contributed by atoms with Crippen LogP contribution in [0.3, 0.4) is 0 Å². The summed E-state index contributed by atoms with van der Waals surface area (Å²) in [5, 5.41) is 1.99. The predicted octanol–water partition coefficient (Wildman–Crippen LogP) is 4.46. The normalized spacial score (nSPS) is 11.7. The Morgan fingerprint density at radius 2 is 1.65 bits per heavy atom. The highest BCUT2D eigenvalue weighted by molar-refractivity contribution is 7.89. The van der Waals surface area contributed by atoms with Crippen molar-refractivity contribution in [2.75, 3.05) is 7.11 Å². The quantitative estimate of drug-likeness (QED) is 0.601. The summed E-state index contributed by atoms with van der Waals surface area (Å²) in [5.41, 5.74) is 2.07. The molecule has 0 fully saturated rings. The van der Waals surface area contributed by atoms with Gasteiger partial charge in [0.15, 0.2) is 0 Å². The molecule has 0 saturated heterocycles. The van der Waals surface area contributed by atoms with Gasteiger partial charge in [0, 0.05) is 18.0 Å². The van der Waals surface area contributed by atoms with Crippen LogP contribution in [0.5, 0.6) is 5.75 Å². The first-order chi connectivity index (χ1) is 12.5. The maximum absolute atomic E-state index is 13.3. The third kappa shape index (κ3) is 4.15. The second-order valence-corrected chi connectivity index (χ2v) is 8.90. The summed E-state index contributed by atoms with van der Waals surface area (Å²) in [6.45, 7) is 2.69. The highest BCUT2D eigenvalue weighted by Crippen LogP contribution is 2.26. The smallest absolute Gasteiger partial charge is 0.243 e. The minimum atomic E-state index is -3.63. The van der Waals surface area contributed by atoms with E-state index < -0.39 is 10.0 Å². The average Bonchev–Trinajstić information content (AvgIpc) is 3.07. The first kappa shape index (κ1) is 18.6. The number of thiophene rings is 1. The summed E-state index contributed by atoms with van der Waals surface area (Å²) in [6, 6.07) is 18.2. The van der Waals surface area contributed by atoms with Crippen molar-refractivity contribution < 1.29 is 13.2 Å². The van der Waals surface area contributed by atoms with E-state index in [0.717, 1.165) is 16.0 Å². The van der Waals surface area contributed by atoms with E-state index in [1.807, 2.05) is 48.7 Å². The number of aryl methyl sites for hydroxylation is 1. The van der Waals surface area contributed by atoms with E-state index in [4.69, 9.17) is 4.74 Å². The Labute approximate surface area is 158 Å². The van der Waals surface area contributed by atoms with Crippen LogP contribution in [0.15, 0.2) is 70.9 Å². The van der Waals surface area contributed by atoms with Gasteiger partial charge in [-0.05, 0) is 53.8 Å². The molecule has 0 atom stereocenters. The van der Waals surface area contributed by atoms with Gasteiger partial charge in [0.2, 0.25) is 10.0 Å². The molecule has 0 aliphatic carbocycles. The van der Waals surface area contributed by atoms with Crippen molar-refractivity contribution in [3.8, 4) is 5.75 Å². The molecule has 26 heavy (non-hydrogen) atoms. The first-order valence-corrected chi connectivity index (χ1v) is 10.5. The number of hydrogen-bond acceptors (Lipinski definition) is 4. The topological polar surface area (TPSA) is 46.6 Å². The van der Waals surface area contributed by atoms with Gasteiger partial charge in [0.25, 0.3) is 0 Å². The van der Waals surface area contributed by atoms with Crippen LogP contribution >= 0.6 is 11.3 Å². The van der Waals surface area contributed by atoms with Gasteiger partial charge in [0.05, 0.1) is 12.0 Å². The van der Waals surface area contributed by atoms with Crippen LogP contribution in [0.25, 0.3) is 0 Å². The average molecular weight is 388 g/mol. The zero-order chi connectivity index (χ0) is 18.6. The van der Waals surface area contributed by atoms with Gasteiger partial charge in [-0.1, -0.05) is 30.3 Å². The molecule has 3 aromatic rings. The molecule has 2 aromatic carbocycles. The van der Waals surface area contributed by atoms with Crippen LogP contribution < -0.4 is 4.74 Å². The van der Waals surface area contributed by atoms with Crippen molar-refractivity contribution in [3.63, 3.8) is 0 Å². The maximum atomic E-state index is 13.3. The zero-order valence-corrected chi connectivity index (χ0v) is 16.4. The van der Waals surface area contributed by atoms with Crippen molar-refractivity contribution in [1.82, 2.24) is 4.31 Å². The predicted molar refractivity (Wildman–Crippen MR) is 105 cm³/mol. The van der Waals surface area contributed by atoms with Crippen LogP contribution in [0, 0.1) is 6.92 Å². The third-order valence-electron chi connectivity index (χ3n) is 4.19. The van der Waals surface area contributed by atoms with Crippen LogP contribution in [0.4, 0.5) is 0 Å². The number of ether oxygens (including phenoxy) is 1. The summed E-state index contributed by atoms with van der Waals surface area (Å²) in [4.78, 5) is 1.32. The molecule has 1 aromatic heterocycles. The van der Waals surface area contributed by atoms with E-state index in [0.29, 0.717) is 18.8 Å². The summed E-state index contributed by atoms with van der Waals surface area (Å²) in [7, 11) is -2.07. The maximum Gasteiger partial charge on any atom is 0.243 e. The third-order valence-corrected chi connectivity index (χ3v) is 7.00. The molecule has 1 heterocycles. The van der Waals surface area contributed by atoms with Gasteiger partial charge in [-0.3, -0.25) is 0 Å². The Bertz CT molecular complexity index is 948. The molecule has 136 valence electrons. The first-order valence-electron chi connectivity index (χ1n) is 8.22. The molecule has 0 radical (unpaired) electrons. The lowest BCUT2D eigenvalue weighted by molar-refractivity contribution is 0.402. The van der Waals surface area contributed by atoms with Crippen LogP contribution in [-0.2, 0) is 23.1 Å². The summed E-state index contributed by atoms with van der Waals surface area (Å²) >= 11 is 1.58. The molecule has 4 nitrogen and oxygen atoms in total. The van der Waals surface area contributed by atoms with E-state index >= 15 is 0 Å². The standard InChI is InChI=1S/C20H21NO3S2/c1-16-12-13-25-20(16)15-21(14-17-6-4-3-5-7-17)26(22,23)19-10-8-18(24-2)9-11-19/h3-13H,14-15H2,1-2H3. The Morgan fingerprint density at radius 3 is 2.23 bits per heavy atom. The number of methoxy groups -OCH3 is 1. The molecule has 0 aliphatic rings. The van der Waals surface area contributed by atoms with Gasteiger partial charge >= 0.3 is 0 Å². The van der Waals surface area contributed by atoms with Crippen LogP contribution in [0.1, 0.15) is 16.0 Å². The van der Waals surface area contributed by atoms with Gasteiger partial charge in [-0.15, -0.1) is 11.3 Å². The van der Waals surface area contributed by atoms with Crippen molar-refractivity contribution in [2.45, 2.75) is 24.9 Å². The summed E-state index contributed by atoms with van der Waals surface area (Å²) < 4.78 is 33.2. The molecule has 0 spiro atoms. The van der Waals surface area contributed by atoms with Crippen molar-refractivity contribution >= 4 is 21.4 Å². The SMILES string of the molecule is COc1ccc(S(=O)(=O)N(Cc2ccccc2)Cc2sccc2C)cc1. The molecular weight excluding hydrogens is 366 g/mol. The Balaban J connectivity index is 1.96. The van der Waals surface area contributed by atoms with Gasteiger partial charge in [0.1, 0.15) is 5.75 Å². The molecular formula is C20H21NO3S2. The molecule has 0 bridgehead atoms. The van der Waals surface area contributed by atoms with E-state index in [1.165, 1.54) is 4.31 Å². The van der Waals surface area contributed by atoms with Crippen LogP contribution in [0.2, 0.25) is 0 Å². The highest BCUT2D eigenvalue weighted by Gasteiger charge is 2.26. The second kappa shape index (κ2) is 8.03. The minimum absolute atomic E-state index is 0.267. The van der Waals surface area contributed by atoms with Crippen molar-refractivity contribution in [2.24, 2.45) is 0 Å². The summed E-state index contributed by atoms with van der Waals surface area (Å²) in [5.74, 6) is 0.632. The Kier molecular flexibility index (Phi) is 5.76. The minimum Gasteiger partial charge on any atom is -0.497 e. The fourth-order valence-corrected chi connectivity index (χ4v) is 5.03. The lowest BCUT2D eigenvalue weighted by Crippen LogP contribution is -2.30. The fourth-order valence-electron chi connectivity index (χ4n) is 2.64. The van der Waals surface area contributed by atoms with E-state index in [9.17, 15) is 8.42 Å². The number of rotatable bonds is 7. The molecule has 0 unspecified atom stereocenters.